The standard InChI is InChI=1S/C12H16O/c1-9-7-11(13)12(8-9)6-4-3-5-10(12)2/h5,7H,3-4,6,8H2,1-2H3. The molecule has 0 heterocycles. The Bertz CT molecular complexity index is 309. The quantitative estimate of drug-likeness (QED) is 0.518. The fraction of sp³-hybridized carbons (Fsp3) is 0.583. The zero-order valence-corrected chi connectivity index (χ0v) is 8.39. The number of hydrogen-bond donors (Lipinski definition) is 0. The topological polar surface area (TPSA) is 17.1 Å². The van der Waals surface area contributed by atoms with E-state index in [2.05, 4.69) is 19.9 Å². The van der Waals surface area contributed by atoms with Crippen molar-refractivity contribution in [1.82, 2.24) is 0 Å². The molecule has 0 amide bonds. The van der Waals surface area contributed by atoms with Crippen molar-refractivity contribution in [2.24, 2.45) is 5.41 Å². The summed E-state index contributed by atoms with van der Waals surface area (Å²) in [7, 11) is 0. The lowest BCUT2D eigenvalue weighted by molar-refractivity contribution is -0.121. The SMILES string of the molecule is CC1=CC(=O)C2(CCCC=C2C)C1. The highest BCUT2D eigenvalue weighted by Crippen LogP contribution is 2.47. The van der Waals surface area contributed by atoms with Crippen LogP contribution in [-0.4, -0.2) is 5.78 Å². The van der Waals surface area contributed by atoms with Crippen molar-refractivity contribution in [3.63, 3.8) is 0 Å². The van der Waals surface area contributed by atoms with E-state index >= 15 is 0 Å². The second-order valence-corrected chi connectivity index (χ2v) is 4.39. The highest BCUT2D eigenvalue weighted by atomic mass is 16.1. The molecule has 0 aliphatic heterocycles. The van der Waals surface area contributed by atoms with Crippen LogP contribution < -0.4 is 0 Å². The Labute approximate surface area is 79.5 Å². The van der Waals surface area contributed by atoms with Gasteiger partial charge in [0.1, 0.15) is 0 Å². The molecule has 0 saturated heterocycles. The fourth-order valence-corrected chi connectivity index (χ4v) is 2.64. The smallest absolute Gasteiger partial charge is 0.166 e. The van der Waals surface area contributed by atoms with Crippen molar-refractivity contribution in [2.45, 2.75) is 39.5 Å². The van der Waals surface area contributed by atoms with Crippen LogP contribution in [0.4, 0.5) is 0 Å². The van der Waals surface area contributed by atoms with Crippen molar-refractivity contribution < 1.29 is 4.79 Å². The molecule has 2 rings (SSSR count). The Balaban J connectivity index is 2.37. The molecule has 1 heteroatoms. The average Bonchev–Trinajstić information content (AvgIpc) is 2.35. The summed E-state index contributed by atoms with van der Waals surface area (Å²) in [5, 5.41) is 0. The summed E-state index contributed by atoms with van der Waals surface area (Å²) >= 11 is 0. The molecule has 0 N–H and O–H groups in total. The van der Waals surface area contributed by atoms with E-state index in [1.165, 1.54) is 17.6 Å². The zero-order valence-electron chi connectivity index (χ0n) is 8.39. The first-order valence-electron chi connectivity index (χ1n) is 5.04. The van der Waals surface area contributed by atoms with Crippen molar-refractivity contribution >= 4 is 5.78 Å². The minimum absolute atomic E-state index is 0.109. The highest BCUT2D eigenvalue weighted by molar-refractivity contribution is 6.00. The summed E-state index contributed by atoms with van der Waals surface area (Å²) in [4.78, 5) is 11.9. The minimum atomic E-state index is -0.109. The predicted octanol–water partition coefficient (Wildman–Crippen LogP) is 3.02. The molecule has 13 heavy (non-hydrogen) atoms. The monoisotopic (exact) mass is 176 g/mol. The van der Waals surface area contributed by atoms with Gasteiger partial charge >= 0.3 is 0 Å². The molecule has 0 bridgehead atoms. The van der Waals surface area contributed by atoms with Crippen molar-refractivity contribution in [3.05, 3.63) is 23.3 Å². The summed E-state index contributed by atoms with van der Waals surface area (Å²) in [6.07, 6.45) is 8.43. The van der Waals surface area contributed by atoms with Crippen LogP contribution in [0.5, 0.6) is 0 Å². The first kappa shape index (κ1) is 8.74. The van der Waals surface area contributed by atoms with E-state index in [4.69, 9.17) is 0 Å². The van der Waals surface area contributed by atoms with E-state index in [1.807, 2.05) is 6.08 Å². The highest BCUT2D eigenvalue weighted by Gasteiger charge is 2.42. The molecular weight excluding hydrogens is 160 g/mol. The molecule has 1 atom stereocenters. The summed E-state index contributed by atoms with van der Waals surface area (Å²) in [6.45, 7) is 4.18. The maximum Gasteiger partial charge on any atom is 0.166 e. The molecule has 70 valence electrons. The second kappa shape index (κ2) is 2.83. The number of carbonyl (C=O) groups is 1. The van der Waals surface area contributed by atoms with Gasteiger partial charge in [0.05, 0.1) is 5.41 Å². The number of rotatable bonds is 0. The lowest BCUT2D eigenvalue weighted by Crippen LogP contribution is -2.29. The van der Waals surface area contributed by atoms with Gasteiger partial charge in [0, 0.05) is 0 Å². The first-order chi connectivity index (χ1) is 6.15. The molecule has 2 aliphatic rings. The molecule has 1 nitrogen and oxygen atoms in total. The van der Waals surface area contributed by atoms with Gasteiger partial charge in [0.15, 0.2) is 5.78 Å². The summed E-state index contributed by atoms with van der Waals surface area (Å²) in [6, 6.07) is 0. The number of hydrogen-bond acceptors (Lipinski definition) is 1. The fourth-order valence-electron chi connectivity index (χ4n) is 2.64. The molecule has 0 saturated carbocycles. The third-order valence-corrected chi connectivity index (χ3v) is 3.44. The van der Waals surface area contributed by atoms with Gasteiger partial charge in [-0.05, 0) is 45.6 Å². The van der Waals surface area contributed by atoms with Gasteiger partial charge in [0.25, 0.3) is 0 Å². The first-order valence-corrected chi connectivity index (χ1v) is 5.04. The Hall–Kier alpha value is -0.850. The molecule has 0 aromatic heterocycles. The van der Waals surface area contributed by atoms with Gasteiger partial charge in [-0.15, -0.1) is 0 Å². The van der Waals surface area contributed by atoms with Gasteiger partial charge in [-0.25, -0.2) is 0 Å². The number of allylic oxidation sites excluding steroid dienone is 4. The largest absolute Gasteiger partial charge is 0.294 e. The number of ketones is 1. The second-order valence-electron chi connectivity index (χ2n) is 4.39. The molecule has 0 aromatic rings. The molecule has 0 fully saturated rings. The summed E-state index contributed by atoms with van der Waals surface area (Å²) in [5.74, 6) is 0.346. The van der Waals surface area contributed by atoms with Gasteiger partial charge < -0.3 is 0 Å². The van der Waals surface area contributed by atoms with Crippen LogP contribution in [0.3, 0.4) is 0 Å². The zero-order chi connectivity index (χ0) is 9.47. The molecular formula is C12H16O. The Morgan fingerprint density at radius 2 is 2.15 bits per heavy atom. The van der Waals surface area contributed by atoms with Crippen molar-refractivity contribution in [2.75, 3.05) is 0 Å². The Morgan fingerprint density at radius 1 is 1.38 bits per heavy atom. The van der Waals surface area contributed by atoms with Crippen LogP contribution >= 0.6 is 0 Å². The maximum absolute atomic E-state index is 11.9. The third kappa shape index (κ3) is 1.18. The Kier molecular flexibility index (Phi) is 1.90. The molecule has 1 spiro atoms. The molecule has 1 unspecified atom stereocenters. The normalized spacial score (nSPS) is 33.5. The lowest BCUT2D eigenvalue weighted by Gasteiger charge is -2.32. The third-order valence-electron chi connectivity index (χ3n) is 3.44. The van der Waals surface area contributed by atoms with E-state index in [0.717, 1.165) is 19.3 Å². The van der Waals surface area contributed by atoms with Gasteiger partial charge in [-0.2, -0.15) is 0 Å². The van der Waals surface area contributed by atoms with Gasteiger partial charge in [-0.1, -0.05) is 17.2 Å². The molecule has 2 aliphatic carbocycles. The summed E-state index contributed by atoms with van der Waals surface area (Å²) < 4.78 is 0. The predicted molar refractivity (Wildman–Crippen MR) is 53.4 cm³/mol. The maximum atomic E-state index is 11.9. The van der Waals surface area contributed by atoms with Crippen LogP contribution in [0.15, 0.2) is 23.3 Å². The van der Waals surface area contributed by atoms with Crippen molar-refractivity contribution in [3.8, 4) is 0 Å². The number of carbonyl (C=O) groups excluding carboxylic acids is 1. The average molecular weight is 176 g/mol. The molecule has 0 aromatic carbocycles. The summed E-state index contributed by atoms with van der Waals surface area (Å²) in [5.41, 5.74) is 2.44. The van der Waals surface area contributed by atoms with Crippen LogP contribution in [0, 0.1) is 5.41 Å². The van der Waals surface area contributed by atoms with Crippen LogP contribution in [0.1, 0.15) is 39.5 Å². The molecule has 0 radical (unpaired) electrons. The van der Waals surface area contributed by atoms with Gasteiger partial charge in [-0.3, -0.25) is 4.79 Å². The minimum Gasteiger partial charge on any atom is -0.294 e. The van der Waals surface area contributed by atoms with E-state index < -0.39 is 0 Å². The van der Waals surface area contributed by atoms with E-state index in [0.29, 0.717) is 5.78 Å². The van der Waals surface area contributed by atoms with E-state index in [9.17, 15) is 4.79 Å². The van der Waals surface area contributed by atoms with Crippen LogP contribution in [-0.2, 0) is 4.79 Å². The van der Waals surface area contributed by atoms with Gasteiger partial charge in [0.2, 0.25) is 0 Å². The van der Waals surface area contributed by atoms with Crippen LogP contribution in [0.2, 0.25) is 0 Å². The van der Waals surface area contributed by atoms with Crippen molar-refractivity contribution in [1.29, 1.82) is 0 Å². The van der Waals surface area contributed by atoms with E-state index in [-0.39, 0.29) is 5.41 Å². The van der Waals surface area contributed by atoms with E-state index in [1.54, 1.807) is 0 Å². The van der Waals surface area contributed by atoms with Crippen LogP contribution in [0.25, 0.3) is 0 Å². The lowest BCUT2D eigenvalue weighted by atomic mass is 9.70. The Morgan fingerprint density at radius 3 is 2.69 bits per heavy atom.